The lowest BCUT2D eigenvalue weighted by molar-refractivity contribution is -0.140. The highest BCUT2D eigenvalue weighted by Gasteiger charge is 2.46. The third-order valence-electron chi connectivity index (χ3n) is 5.16. The quantitative estimate of drug-likeness (QED) is 0.379. The molecule has 1 aliphatic heterocycles. The lowest BCUT2D eigenvalue weighted by Crippen LogP contribution is -2.35. The van der Waals surface area contributed by atoms with Gasteiger partial charge in [-0.3, -0.25) is 9.59 Å². The van der Waals surface area contributed by atoms with E-state index in [1.54, 1.807) is 23.1 Å². The number of Topliss-reactive ketones (excluding diaryl/α,β-unsaturated/α-hetero) is 1. The van der Waals surface area contributed by atoms with Crippen LogP contribution in [0.25, 0.3) is 5.76 Å². The fraction of sp³-hybridized carbons (Fsp3) is 0.417. The van der Waals surface area contributed by atoms with E-state index in [9.17, 15) is 14.7 Å². The van der Waals surface area contributed by atoms with Gasteiger partial charge in [-0.15, -0.1) is 11.3 Å². The summed E-state index contributed by atoms with van der Waals surface area (Å²) in [6.07, 6.45) is 0. The molecule has 6 nitrogen and oxygen atoms in total. The number of hydrogen-bond acceptors (Lipinski definition) is 6. The Balaban J connectivity index is 2.02. The van der Waals surface area contributed by atoms with Crippen LogP contribution in [0.4, 0.5) is 0 Å². The van der Waals surface area contributed by atoms with Crippen LogP contribution in [0.5, 0.6) is 5.75 Å². The number of ketones is 1. The molecular formula is C24H30N2O4S. The van der Waals surface area contributed by atoms with E-state index in [4.69, 9.17) is 4.74 Å². The molecule has 1 atom stereocenters. The van der Waals surface area contributed by atoms with Crippen LogP contribution in [0.3, 0.4) is 0 Å². The number of thiophene rings is 1. The van der Waals surface area contributed by atoms with Crippen molar-refractivity contribution in [1.29, 1.82) is 0 Å². The molecule has 1 aliphatic rings. The number of carbonyl (C=O) groups is 2. The summed E-state index contributed by atoms with van der Waals surface area (Å²) in [5.74, 6) is -0.228. The first-order valence-electron chi connectivity index (χ1n) is 10.4. The molecule has 0 radical (unpaired) electrons. The van der Waals surface area contributed by atoms with E-state index in [1.165, 1.54) is 11.3 Å². The molecular weight excluding hydrogens is 412 g/mol. The Morgan fingerprint density at radius 1 is 1.26 bits per heavy atom. The van der Waals surface area contributed by atoms with E-state index in [2.05, 4.69) is 13.8 Å². The van der Waals surface area contributed by atoms with Crippen molar-refractivity contribution in [2.45, 2.75) is 26.8 Å². The Bertz CT molecular complexity index is 979. The minimum atomic E-state index is -0.646. The number of aliphatic hydroxyl groups excluding tert-OH is 1. The van der Waals surface area contributed by atoms with Gasteiger partial charge in [-0.1, -0.05) is 19.9 Å². The van der Waals surface area contributed by atoms with Crippen LogP contribution < -0.4 is 4.74 Å². The van der Waals surface area contributed by atoms with Gasteiger partial charge in [0.1, 0.15) is 11.5 Å². The van der Waals surface area contributed by atoms with Crippen molar-refractivity contribution in [1.82, 2.24) is 9.80 Å². The first kappa shape index (κ1) is 23.0. The van der Waals surface area contributed by atoms with Crippen LogP contribution in [-0.4, -0.2) is 60.4 Å². The van der Waals surface area contributed by atoms with Gasteiger partial charge in [0.05, 0.1) is 18.2 Å². The number of rotatable bonds is 8. The highest BCUT2D eigenvalue weighted by atomic mass is 32.1. The number of likely N-dealkylation sites (N-methyl/N-ethyl adjacent to an activating group) is 1. The average Bonchev–Trinajstić information content (AvgIpc) is 3.32. The normalized spacial score (nSPS) is 18.4. The molecule has 2 heterocycles. The predicted octanol–water partition coefficient (Wildman–Crippen LogP) is 4.07. The second-order valence-corrected chi connectivity index (χ2v) is 9.48. The Kier molecular flexibility index (Phi) is 7.18. The average molecular weight is 443 g/mol. The number of aliphatic hydroxyl groups is 1. The molecule has 1 N–H and O–H groups in total. The van der Waals surface area contributed by atoms with Crippen molar-refractivity contribution in [3.8, 4) is 5.75 Å². The monoisotopic (exact) mass is 442 g/mol. The summed E-state index contributed by atoms with van der Waals surface area (Å²) in [4.78, 5) is 30.2. The van der Waals surface area contributed by atoms with Crippen LogP contribution in [0.15, 0.2) is 41.3 Å². The fourth-order valence-corrected chi connectivity index (χ4v) is 4.38. The highest BCUT2D eigenvalue weighted by Crippen LogP contribution is 2.41. The third kappa shape index (κ3) is 4.99. The second kappa shape index (κ2) is 9.66. The number of hydrogen-bond donors (Lipinski definition) is 1. The van der Waals surface area contributed by atoms with E-state index < -0.39 is 17.7 Å². The van der Waals surface area contributed by atoms with Gasteiger partial charge in [0.25, 0.3) is 11.7 Å². The zero-order valence-electron chi connectivity index (χ0n) is 18.7. The zero-order chi connectivity index (χ0) is 22.7. The summed E-state index contributed by atoms with van der Waals surface area (Å²) in [6.45, 7) is 7.68. The number of benzene rings is 1. The summed E-state index contributed by atoms with van der Waals surface area (Å²) in [7, 11) is 3.84. The fourth-order valence-electron chi connectivity index (χ4n) is 3.53. The van der Waals surface area contributed by atoms with E-state index in [0.717, 1.165) is 16.2 Å². The SMILES string of the molecule is Cc1cc(/C(O)=C2/C(=O)C(=O)N(CCN(C)C)C2c2cccs2)ccc1OCC(C)C. The molecule has 2 aromatic rings. The minimum Gasteiger partial charge on any atom is -0.507 e. The zero-order valence-corrected chi connectivity index (χ0v) is 19.5. The molecule has 1 fully saturated rings. The number of carbonyl (C=O) groups excluding carboxylic acids is 2. The number of likely N-dealkylation sites (tertiary alicyclic amines) is 1. The summed E-state index contributed by atoms with van der Waals surface area (Å²) in [5.41, 5.74) is 1.50. The first-order valence-corrected chi connectivity index (χ1v) is 11.3. The highest BCUT2D eigenvalue weighted by molar-refractivity contribution is 7.10. The lowest BCUT2D eigenvalue weighted by atomic mass is 9.98. The van der Waals surface area contributed by atoms with Crippen LogP contribution in [-0.2, 0) is 9.59 Å². The lowest BCUT2D eigenvalue weighted by Gasteiger charge is -2.25. The third-order valence-corrected chi connectivity index (χ3v) is 6.09. The summed E-state index contributed by atoms with van der Waals surface area (Å²) in [6, 6.07) is 8.52. The van der Waals surface area contributed by atoms with E-state index in [1.807, 2.05) is 43.4 Å². The van der Waals surface area contributed by atoms with Crippen LogP contribution in [0, 0.1) is 12.8 Å². The van der Waals surface area contributed by atoms with Crippen LogP contribution >= 0.6 is 11.3 Å². The molecule has 1 aromatic carbocycles. The molecule has 1 aromatic heterocycles. The van der Waals surface area contributed by atoms with Crippen molar-refractivity contribution in [3.05, 3.63) is 57.3 Å². The molecule has 3 rings (SSSR count). The number of ether oxygens (including phenoxy) is 1. The molecule has 31 heavy (non-hydrogen) atoms. The van der Waals surface area contributed by atoms with E-state index in [-0.39, 0.29) is 11.3 Å². The van der Waals surface area contributed by atoms with Crippen LogP contribution in [0.2, 0.25) is 0 Å². The molecule has 7 heteroatoms. The Morgan fingerprint density at radius 3 is 2.58 bits per heavy atom. The van der Waals surface area contributed by atoms with Gasteiger partial charge in [0.15, 0.2) is 0 Å². The second-order valence-electron chi connectivity index (χ2n) is 8.50. The van der Waals surface area contributed by atoms with Gasteiger partial charge in [0, 0.05) is 23.5 Å². The molecule has 1 amide bonds. The van der Waals surface area contributed by atoms with Gasteiger partial charge in [-0.25, -0.2) is 0 Å². The largest absolute Gasteiger partial charge is 0.507 e. The molecule has 0 saturated carbocycles. The Morgan fingerprint density at radius 2 is 2.00 bits per heavy atom. The van der Waals surface area contributed by atoms with Crippen LogP contribution in [0.1, 0.15) is 35.9 Å². The smallest absolute Gasteiger partial charge is 0.295 e. The van der Waals surface area contributed by atoms with Crippen molar-refractivity contribution in [2.75, 3.05) is 33.8 Å². The molecule has 0 spiro atoms. The molecule has 0 bridgehead atoms. The maximum absolute atomic E-state index is 13.0. The maximum atomic E-state index is 13.0. The summed E-state index contributed by atoms with van der Waals surface area (Å²) >= 11 is 1.47. The van der Waals surface area contributed by atoms with E-state index >= 15 is 0 Å². The van der Waals surface area contributed by atoms with Gasteiger partial charge in [0.2, 0.25) is 0 Å². The minimum absolute atomic E-state index is 0.140. The molecule has 1 unspecified atom stereocenters. The first-order chi connectivity index (χ1) is 14.7. The van der Waals surface area contributed by atoms with Crippen molar-refractivity contribution in [2.24, 2.45) is 5.92 Å². The number of aryl methyl sites for hydroxylation is 1. The van der Waals surface area contributed by atoms with Gasteiger partial charge in [-0.2, -0.15) is 0 Å². The van der Waals surface area contributed by atoms with Gasteiger partial charge in [-0.05, 0) is 62.1 Å². The predicted molar refractivity (Wildman–Crippen MR) is 123 cm³/mol. The Labute approximate surface area is 187 Å². The number of nitrogens with zero attached hydrogens (tertiary/aromatic N) is 2. The van der Waals surface area contributed by atoms with Gasteiger partial charge < -0.3 is 19.6 Å². The maximum Gasteiger partial charge on any atom is 0.295 e. The molecule has 166 valence electrons. The standard InChI is InChI=1S/C24H30N2O4S/c1-15(2)14-30-18-9-8-17(13-16(18)3)22(27)20-21(19-7-6-12-31-19)26(11-10-25(4)5)24(29)23(20)28/h6-9,12-13,15,21,27H,10-11,14H2,1-5H3/b22-20-. The number of amides is 1. The Hall–Kier alpha value is -2.64. The molecule has 0 aliphatic carbocycles. The van der Waals surface area contributed by atoms with Gasteiger partial charge >= 0.3 is 0 Å². The van der Waals surface area contributed by atoms with Crippen molar-refractivity contribution in [3.63, 3.8) is 0 Å². The summed E-state index contributed by atoms with van der Waals surface area (Å²) < 4.78 is 5.82. The van der Waals surface area contributed by atoms with Crippen molar-refractivity contribution >= 4 is 28.8 Å². The topological polar surface area (TPSA) is 70.1 Å². The van der Waals surface area contributed by atoms with Crippen molar-refractivity contribution < 1.29 is 19.4 Å². The van der Waals surface area contributed by atoms with E-state index in [0.29, 0.717) is 31.2 Å². The molecule has 1 saturated heterocycles. The summed E-state index contributed by atoms with van der Waals surface area (Å²) in [5, 5.41) is 13.0.